The molecular weight excluding hydrogens is 384 g/mol. The van der Waals surface area contributed by atoms with Gasteiger partial charge in [-0.1, -0.05) is 42.5 Å². The van der Waals surface area contributed by atoms with Crippen LogP contribution >= 0.6 is 0 Å². The van der Waals surface area contributed by atoms with Crippen molar-refractivity contribution in [3.05, 3.63) is 60.3 Å². The molecule has 3 aromatic rings. The summed E-state index contributed by atoms with van der Waals surface area (Å²) in [5, 5.41) is 10.4. The zero-order valence-electron chi connectivity index (χ0n) is 16.7. The summed E-state index contributed by atoms with van der Waals surface area (Å²) in [6.45, 7) is 0.251. The maximum absolute atomic E-state index is 13.1. The van der Waals surface area contributed by atoms with Gasteiger partial charge in [0.1, 0.15) is 17.6 Å². The number of benzene rings is 2. The van der Waals surface area contributed by atoms with Crippen molar-refractivity contribution in [3.8, 4) is 16.9 Å². The molecule has 0 aliphatic carbocycles. The third-order valence-corrected chi connectivity index (χ3v) is 4.93. The minimum Gasteiger partial charge on any atom is -0.495 e. The Kier molecular flexibility index (Phi) is 5.49. The number of nitrogens with zero attached hydrogens (tertiary/aromatic N) is 2. The molecule has 0 saturated heterocycles. The Morgan fingerprint density at radius 2 is 1.90 bits per heavy atom. The van der Waals surface area contributed by atoms with Gasteiger partial charge in [-0.25, -0.2) is 4.68 Å². The topological polar surface area (TPSA) is 94.5 Å². The van der Waals surface area contributed by atoms with Crippen LogP contribution < -0.4 is 15.4 Å². The molecule has 0 bridgehead atoms. The van der Waals surface area contributed by atoms with Crippen molar-refractivity contribution >= 4 is 23.3 Å². The van der Waals surface area contributed by atoms with Gasteiger partial charge in [0.25, 0.3) is 0 Å². The summed E-state index contributed by atoms with van der Waals surface area (Å²) in [4.78, 5) is 25.6. The Balaban J connectivity index is 1.75. The number of hydrogen-bond acceptors (Lipinski definition) is 5. The quantitative estimate of drug-likeness (QED) is 0.655. The number of hydrogen-bond donors (Lipinski definition) is 2. The fraction of sp³-hybridized carbons (Fsp3) is 0.227. The molecule has 2 amide bonds. The third-order valence-electron chi connectivity index (χ3n) is 4.93. The van der Waals surface area contributed by atoms with Crippen molar-refractivity contribution in [1.29, 1.82) is 0 Å². The molecule has 0 unspecified atom stereocenters. The van der Waals surface area contributed by atoms with Crippen LogP contribution in [0.15, 0.2) is 54.6 Å². The Hall–Kier alpha value is -3.65. The Bertz CT molecular complexity index is 1080. The lowest BCUT2D eigenvalue weighted by Crippen LogP contribution is -2.36. The van der Waals surface area contributed by atoms with E-state index in [2.05, 4.69) is 15.7 Å². The van der Waals surface area contributed by atoms with E-state index in [9.17, 15) is 9.59 Å². The summed E-state index contributed by atoms with van der Waals surface area (Å²) >= 11 is 0. The van der Waals surface area contributed by atoms with Gasteiger partial charge < -0.3 is 20.1 Å². The van der Waals surface area contributed by atoms with E-state index in [0.717, 1.165) is 11.1 Å². The van der Waals surface area contributed by atoms with Crippen LogP contribution in [0.5, 0.6) is 5.75 Å². The van der Waals surface area contributed by atoms with Crippen LogP contribution in [0.25, 0.3) is 11.1 Å². The molecule has 0 radical (unpaired) electrons. The number of ether oxygens (including phenoxy) is 2. The normalized spacial score (nSPS) is 15.3. The predicted octanol–water partition coefficient (Wildman–Crippen LogP) is 3.23. The molecule has 2 N–H and O–H groups in total. The predicted molar refractivity (Wildman–Crippen MR) is 112 cm³/mol. The highest BCUT2D eigenvalue weighted by Gasteiger charge is 2.35. The zero-order chi connectivity index (χ0) is 21.1. The van der Waals surface area contributed by atoms with Crippen LogP contribution in [0.4, 0.5) is 11.5 Å². The van der Waals surface area contributed by atoms with Crippen LogP contribution in [0, 0.1) is 0 Å². The van der Waals surface area contributed by atoms with Crippen molar-refractivity contribution < 1.29 is 19.1 Å². The van der Waals surface area contributed by atoms with Crippen LogP contribution in [0.3, 0.4) is 0 Å². The van der Waals surface area contributed by atoms with E-state index >= 15 is 0 Å². The Morgan fingerprint density at radius 3 is 2.63 bits per heavy atom. The molecule has 1 aromatic heterocycles. The molecule has 8 heteroatoms. The van der Waals surface area contributed by atoms with Crippen molar-refractivity contribution in [2.24, 2.45) is 0 Å². The van der Waals surface area contributed by atoms with E-state index in [-0.39, 0.29) is 24.8 Å². The van der Waals surface area contributed by atoms with Crippen LogP contribution in [0.2, 0.25) is 0 Å². The minimum atomic E-state index is -0.799. The van der Waals surface area contributed by atoms with E-state index in [0.29, 0.717) is 22.9 Å². The first-order valence-corrected chi connectivity index (χ1v) is 9.52. The molecular formula is C22H22N4O4. The molecule has 4 rings (SSSR count). The van der Waals surface area contributed by atoms with Crippen molar-refractivity contribution in [2.45, 2.75) is 19.1 Å². The number of amides is 2. The second-order valence-corrected chi connectivity index (χ2v) is 6.87. The molecule has 154 valence electrons. The smallest absolute Gasteiger partial charge is 0.249 e. The number of aromatic nitrogens is 2. The van der Waals surface area contributed by atoms with Gasteiger partial charge in [0.2, 0.25) is 11.8 Å². The molecule has 2 aromatic carbocycles. The number of methoxy groups -OCH3 is 2. The van der Waals surface area contributed by atoms with Gasteiger partial charge in [0.15, 0.2) is 0 Å². The highest BCUT2D eigenvalue weighted by molar-refractivity contribution is 6.03. The van der Waals surface area contributed by atoms with Crippen molar-refractivity contribution in [3.63, 3.8) is 0 Å². The largest absolute Gasteiger partial charge is 0.495 e. The fourth-order valence-electron chi connectivity index (χ4n) is 3.59. The van der Waals surface area contributed by atoms with Gasteiger partial charge in [-0.15, -0.1) is 0 Å². The maximum Gasteiger partial charge on any atom is 0.249 e. The molecule has 1 atom stereocenters. The van der Waals surface area contributed by atoms with E-state index in [1.165, 1.54) is 7.11 Å². The highest BCUT2D eigenvalue weighted by atomic mass is 16.5. The zero-order valence-corrected chi connectivity index (χ0v) is 16.7. The van der Waals surface area contributed by atoms with Crippen molar-refractivity contribution in [1.82, 2.24) is 9.78 Å². The maximum atomic E-state index is 13.1. The molecule has 0 saturated carbocycles. The number of carbonyl (C=O) groups is 2. The Morgan fingerprint density at radius 1 is 1.17 bits per heavy atom. The first kappa shape index (κ1) is 19.7. The number of carbonyl (C=O) groups excluding carboxylic acids is 2. The molecule has 1 aliphatic heterocycles. The lowest BCUT2D eigenvalue weighted by Gasteiger charge is -2.24. The lowest BCUT2D eigenvalue weighted by molar-refractivity contribution is -0.125. The highest BCUT2D eigenvalue weighted by Crippen LogP contribution is 2.38. The van der Waals surface area contributed by atoms with Gasteiger partial charge in [-0.05, 0) is 17.7 Å². The number of para-hydroxylation sites is 2. The number of nitrogens with one attached hydrogen (secondary N) is 2. The summed E-state index contributed by atoms with van der Waals surface area (Å²) in [6.07, 6.45) is -0.0175. The summed E-state index contributed by atoms with van der Waals surface area (Å²) in [5.41, 5.74) is 2.82. The monoisotopic (exact) mass is 406 g/mol. The fourth-order valence-corrected chi connectivity index (χ4v) is 3.59. The van der Waals surface area contributed by atoms with Gasteiger partial charge >= 0.3 is 0 Å². The van der Waals surface area contributed by atoms with Crippen LogP contribution in [0.1, 0.15) is 18.2 Å². The number of anilines is 2. The summed E-state index contributed by atoms with van der Waals surface area (Å²) < 4.78 is 12.2. The SMILES string of the molecule is COCc1nn2c(c1-c1ccccc1)NC(=O)C[C@H]2C(=O)Nc1ccccc1OC. The average Bonchev–Trinajstić information content (AvgIpc) is 3.12. The minimum absolute atomic E-state index is 0.0175. The molecule has 0 fully saturated rings. The molecule has 8 nitrogen and oxygen atoms in total. The van der Waals surface area contributed by atoms with Gasteiger partial charge in [0, 0.05) is 12.7 Å². The summed E-state index contributed by atoms with van der Waals surface area (Å²) in [7, 11) is 3.12. The van der Waals surface area contributed by atoms with Crippen LogP contribution in [-0.2, 0) is 20.9 Å². The second-order valence-electron chi connectivity index (χ2n) is 6.87. The van der Waals surface area contributed by atoms with E-state index in [1.807, 2.05) is 36.4 Å². The average molecular weight is 406 g/mol. The molecule has 2 heterocycles. The summed E-state index contributed by atoms with van der Waals surface area (Å²) in [5.74, 6) is 0.437. The van der Waals surface area contributed by atoms with E-state index in [1.54, 1.807) is 30.0 Å². The lowest BCUT2D eigenvalue weighted by atomic mass is 10.0. The molecule has 1 aliphatic rings. The Labute approximate surface area is 173 Å². The first-order chi connectivity index (χ1) is 14.6. The standard InChI is InChI=1S/C22H22N4O4/c1-29-13-16-20(14-8-4-3-5-9-14)21-24-19(27)12-17(26(21)25-16)22(28)23-15-10-6-7-11-18(15)30-2/h3-11,17H,12-13H2,1-2H3,(H,23,28)(H,24,27)/t17-/m0/s1. The van der Waals surface area contributed by atoms with E-state index < -0.39 is 6.04 Å². The van der Waals surface area contributed by atoms with Gasteiger partial charge in [-0.2, -0.15) is 5.10 Å². The van der Waals surface area contributed by atoms with Gasteiger partial charge in [-0.3, -0.25) is 9.59 Å². The number of fused-ring (bicyclic) bond motifs is 1. The number of rotatable bonds is 6. The van der Waals surface area contributed by atoms with Crippen LogP contribution in [-0.4, -0.2) is 35.8 Å². The molecule has 30 heavy (non-hydrogen) atoms. The summed E-state index contributed by atoms with van der Waals surface area (Å²) in [6, 6.07) is 15.9. The first-order valence-electron chi connectivity index (χ1n) is 9.52. The molecule has 0 spiro atoms. The van der Waals surface area contributed by atoms with Crippen molar-refractivity contribution in [2.75, 3.05) is 24.9 Å². The van der Waals surface area contributed by atoms with E-state index in [4.69, 9.17) is 9.47 Å². The second kappa shape index (κ2) is 8.38. The van der Waals surface area contributed by atoms with Gasteiger partial charge in [0.05, 0.1) is 31.5 Å². The third kappa shape index (κ3) is 3.65.